The molecule has 1 aliphatic rings. The van der Waals surface area contributed by atoms with Crippen LogP contribution in [0.1, 0.15) is 28.4 Å². The van der Waals surface area contributed by atoms with Crippen LogP contribution < -0.4 is 4.90 Å². The molecule has 1 fully saturated rings. The number of aryl methyl sites for hydroxylation is 1. The van der Waals surface area contributed by atoms with Crippen molar-refractivity contribution in [3.8, 4) is 0 Å². The van der Waals surface area contributed by atoms with Crippen LogP contribution in [0.15, 0.2) is 66.7 Å². The molecule has 1 aliphatic heterocycles. The minimum atomic E-state index is 0.171. The van der Waals surface area contributed by atoms with Gasteiger partial charge in [-0.05, 0) is 65.6 Å². The molecule has 1 saturated heterocycles. The van der Waals surface area contributed by atoms with E-state index in [1.807, 2.05) is 24.3 Å². The van der Waals surface area contributed by atoms with Crippen molar-refractivity contribution in [2.75, 3.05) is 42.8 Å². The van der Waals surface area contributed by atoms with Crippen molar-refractivity contribution >= 4 is 52.1 Å². The number of benzene rings is 3. The van der Waals surface area contributed by atoms with Crippen LogP contribution in [-0.4, -0.2) is 47.7 Å². The average molecular weight is 551 g/mol. The predicted molar refractivity (Wildman–Crippen MR) is 151 cm³/mol. The van der Waals surface area contributed by atoms with Crippen LogP contribution in [0.25, 0.3) is 0 Å². The van der Waals surface area contributed by atoms with E-state index in [2.05, 4.69) is 64.1 Å². The van der Waals surface area contributed by atoms with Crippen LogP contribution in [0.5, 0.6) is 0 Å². The Morgan fingerprint density at radius 3 is 1.66 bits per heavy atom. The molecular formula is C28H31Cl4N3. The van der Waals surface area contributed by atoms with Crippen LogP contribution in [0.2, 0.25) is 10.0 Å². The van der Waals surface area contributed by atoms with Crippen LogP contribution in [0, 0.1) is 6.92 Å². The maximum absolute atomic E-state index is 6.13. The van der Waals surface area contributed by atoms with E-state index in [-0.39, 0.29) is 6.17 Å². The van der Waals surface area contributed by atoms with Crippen LogP contribution >= 0.6 is 46.4 Å². The third kappa shape index (κ3) is 6.85. The molecule has 0 aliphatic carbocycles. The standard InChI is InChI=1S/C28H31Cl4N3/c1-21-18-26(33(14-12-29)15-13-30)10-11-27(21)28-34(19-22-2-6-24(31)7-3-22)16-17-35(28)20-23-4-8-25(32)9-5-23/h2-11,18,28H,12-17,19-20H2,1H3. The van der Waals surface area contributed by atoms with E-state index in [1.54, 1.807) is 0 Å². The number of hydrogen-bond donors (Lipinski definition) is 0. The van der Waals surface area contributed by atoms with Crippen molar-refractivity contribution in [1.29, 1.82) is 0 Å². The first kappa shape index (κ1) is 26.6. The van der Waals surface area contributed by atoms with Crippen LogP contribution in [-0.2, 0) is 13.1 Å². The van der Waals surface area contributed by atoms with Crippen molar-refractivity contribution in [3.05, 3.63) is 99.0 Å². The van der Waals surface area contributed by atoms with Gasteiger partial charge in [-0.25, -0.2) is 0 Å². The van der Waals surface area contributed by atoms with Gasteiger partial charge in [-0.1, -0.05) is 53.5 Å². The number of alkyl halides is 2. The van der Waals surface area contributed by atoms with E-state index in [0.717, 1.165) is 49.3 Å². The Bertz CT molecular complexity index is 1030. The van der Waals surface area contributed by atoms with Gasteiger partial charge >= 0.3 is 0 Å². The molecule has 0 unspecified atom stereocenters. The van der Waals surface area contributed by atoms with Gasteiger partial charge in [0.05, 0.1) is 6.17 Å². The molecule has 0 radical (unpaired) electrons. The number of rotatable bonds is 10. The van der Waals surface area contributed by atoms with E-state index in [0.29, 0.717) is 11.8 Å². The monoisotopic (exact) mass is 549 g/mol. The van der Waals surface area contributed by atoms with Crippen molar-refractivity contribution in [3.63, 3.8) is 0 Å². The summed E-state index contributed by atoms with van der Waals surface area (Å²) in [6.07, 6.45) is 0.171. The minimum Gasteiger partial charge on any atom is -0.369 e. The van der Waals surface area contributed by atoms with E-state index in [4.69, 9.17) is 46.4 Å². The Labute approximate surface area is 229 Å². The molecule has 7 heteroatoms. The first-order valence-corrected chi connectivity index (χ1v) is 13.8. The highest BCUT2D eigenvalue weighted by Gasteiger charge is 2.34. The first-order valence-electron chi connectivity index (χ1n) is 11.9. The third-order valence-electron chi connectivity index (χ3n) is 6.57. The summed E-state index contributed by atoms with van der Waals surface area (Å²) in [6, 6.07) is 23.1. The zero-order valence-corrected chi connectivity index (χ0v) is 23.0. The summed E-state index contributed by atoms with van der Waals surface area (Å²) in [7, 11) is 0. The maximum atomic E-state index is 6.13. The molecular weight excluding hydrogens is 520 g/mol. The topological polar surface area (TPSA) is 9.72 Å². The number of nitrogens with zero attached hydrogens (tertiary/aromatic N) is 3. The fourth-order valence-corrected chi connectivity index (χ4v) is 5.49. The predicted octanol–water partition coefficient (Wildman–Crippen LogP) is 7.60. The van der Waals surface area contributed by atoms with Crippen molar-refractivity contribution in [2.24, 2.45) is 0 Å². The molecule has 0 amide bonds. The summed E-state index contributed by atoms with van der Waals surface area (Å²) in [5, 5.41) is 1.53. The van der Waals surface area contributed by atoms with Gasteiger partial charge < -0.3 is 4.90 Å². The third-order valence-corrected chi connectivity index (χ3v) is 7.41. The lowest BCUT2D eigenvalue weighted by atomic mass is 10.0. The fraction of sp³-hybridized carbons (Fsp3) is 0.357. The van der Waals surface area contributed by atoms with Gasteiger partial charge in [0.2, 0.25) is 0 Å². The van der Waals surface area contributed by atoms with E-state index in [1.165, 1.54) is 27.9 Å². The lowest BCUT2D eigenvalue weighted by Gasteiger charge is -2.33. The fourth-order valence-electron chi connectivity index (χ4n) is 4.83. The summed E-state index contributed by atoms with van der Waals surface area (Å²) in [5.74, 6) is 1.15. The highest BCUT2D eigenvalue weighted by atomic mass is 35.5. The molecule has 1 heterocycles. The second-order valence-electron chi connectivity index (χ2n) is 8.97. The molecule has 0 aromatic heterocycles. The molecule has 0 N–H and O–H groups in total. The highest BCUT2D eigenvalue weighted by Crippen LogP contribution is 2.36. The Hall–Kier alpha value is -1.46. The van der Waals surface area contributed by atoms with Gasteiger partial charge in [-0.15, -0.1) is 23.2 Å². The van der Waals surface area contributed by atoms with Crippen molar-refractivity contribution in [1.82, 2.24) is 9.80 Å². The summed E-state index contributed by atoms with van der Waals surface area (Å²) in [4.78, 5) is 7.36. The van der Waals surface area contributed by atoms with Gasteiger partial charge in [-0.2, -0.15) is 0 Å². The number of halogens is 4. The van der Waals surface area contributed by atoms with Gasteiger partial charge in [0, 0.05) is 66.8 Å². The lowest BCUT2D eigenvalue weighted by Crippen LogP contribution is -2.31. The van der Waals surface area contributed by atoms with E-state index < -0.39 is 0 Å². The summed E-state index contributed by atoms with van der Waals surface area (Å²) in [5.41, 5.74) is 6.28. The molecule has 35 heavy (non-hydrogen) atoms. The smallest absolute Gasteiger partial charge is 0.0895 e. The molecule has 0 atom stereocenters. The zero-order chi connectivity index (χ0) is 24.8. The van der Waals surface area contributed by atoms with Crippen LogP contribution in [0.3, 0.4) is 0 Å². The second-order valence-corrected chi connectivity index (χ2v) is 10.6. The lowest BCUT2D eigenvalue weighted by molar-refractivity contribution is 0.125. The molecule has 3 nitrogen and oxygen atoms in total. The van der Waals surface area contributed by atoms with E-state index in [9.17, 15) is 0 Å². The highest BCUT2D eigenvalue weighted by molar-refractivity contribution is 6.30. The molecule has 186 valence electrons. The van der Waals surface area contributed by atoms with Gasteiger partial charge in [0.25, 0.3) is 0 Å². The Kier molecular flexibility index (Phi) is 9.63. The SMILES string of the molecule is Cc1cc(N(CCCl)CCCl)ccc1C1N(Cc2ccc(Cl)cc2)CCN1Cc1ccc(Cl)cc1. The molecule has 3 aromatic carbocycles. The normalized spacial score (nSPS) is 15.1. The molecule has 0 saturated carbocycles. The van der Waals surface area contributed by atoms with Gasteiger partial charge in [0.1, 0.15) is 0 Å². The Balaban J connectivity index is 1.64. The summed E-state index contributed by atoms with van der Waals surface area (Å²) >= 11 is 24.4. The largest absolute Gasteiger partial charge is 0.369 e. The number of anilines is 1. The number of hydrogen-bond acceptors (Lipinski definition) is 3. The Morgan fingerprint density at radius 2 is 1.23 bits per heavy atom. The van der Waals surface area contributed by atoms with Gasteiger partial charge in [-0.3, -0.25) is 9.80 Å². The summed E-state index contributed by atoms with van der Waals surface area (Å²) in [6.45, 7) is 7.48. The second kappa shape index (κ2) is 12.7. The molecule has 0 bridgehead atoms. The van der Waals surface area contributed by atoms with Crippen molar-refractivity contribution in [2.45, 2.75) is 26.2 Å². The Morgan fingerprint density at radius 1 is 0.743 bits per heavy atom. The average Bonchev–Trinajstić information content (AvgIpc) is 3.23. The quantitative estimate of drug-likeness (QED) is 0.240. The molecule has 0 spiro atoms. The zero-order valence-electron chi connectivity index (χ0n) is 19.9. The molecule has 4 rings (SSSR count). The van der Waals surface area contributed by atoms with E-state index >= 15 is 0 Å². The van der Waals surface area contributed by atoms with Crippen LogP contribution in [0.4, 0.5) is 5.69 Å². The molecule has 3 aromatic rings. The maximum Gasteiger partial charge on any atom is 0.0895 e. The summed E-state index contributed by atoms with van der Waals surface area (Å²) < 4.78 is 0. The van der Waals surface area contributed by atoms with Crippen molar-refractivity contribution < 1.29 is 0 Å². The van der Waals surface area contributed by atoms with Gasteiger partial charge in [0.15, 0.2) is 0 Å². The minimum absolute atomic E-state index is 0.171. The first-order chi connectivity index (χ1) is 17.0.